The summed E-state index contributed by atoms with van der Waals surface area (Å²) in [6.45, 7) is 7.12. The molecule has 1 aliphatic carbocycles. The molecule has 0 radical (unpaired) electrons. The Bertz CT molecular complexity index is 1570. The molecule has 1 amide bonds. The number of ether oxygens (including phenoxy) is 1. The lowest BCUT2D eigenvalue weighted by molar-refractivity contribution is 0.0671. The van der Waals surface area contributed by atoms with Crippen molar-refractivity contribution in [2.24, 2.45) is 24.8 Å². The van der Waals surface area contributed by atoms with Crippen LogP contribution in [0.1, 0.15) is 54.9 Å². The monoisotopic (exact) mass is 539 g/mol. The van der Waals surface area contributed by atoms with Crippen molar-refractivity contribution in [1.29, 1.82) is 0 Å². The van der Waals surface area contributed by atoms with Gasteiger partial charge in [0, 0.05) is 37.6 Å². The van der Waals surface area contributed by atoms with Gasteiger partial charge in [-0.1, -0.05) is 31.5 Å². The molecule has 4 heterocycles. The van der Waals surface area contributed by atoms with E-state index < -0.39 is 0 Å². The number of likely N-dealkylation sites (tertiary alicyclic amines) is 1. The van der Waals surface area contributed by atoms with Crippen LogP contribution in [0.2, 0.25) is 0 Å². The number of aromatic nitrogens is 3. The summed E-state index contributed by atoms with van der Waals surface area (Å²) in [6.07, 6.45) is 7.10. The molecule has 1 atom stereocenters. The minimum Gasteiger partial charge on any atom is -0.494 e. The maximum atomic E-state index is 13.6. The van der Waals surface area contributed by atoms with Crippen LogP contribution >= 0.6 is 0 Å². The van der Waals surface area contributed by atoms with E-state index >= 15 is 0 Å². The lowest BCUT2D eigenvalue weighted by atomic mass is 9.93. The number of amides is 1. The van der Waals surface area contributed by atoms with Gasteiger partial charge in [0.1, 0.15) is 11.3 Å². The number of carbonyl (C=O) groups excluding carboxylic acids is 1. The quantitative estimate of drug-likeness (QED) is 0.315. The highest BCUT2D eigenvalue weighted by molar-refractivity contribution is 6.00. The number of piperidine rings is 1. The van der Waals surface area contributed by atoms with E-state index in [1.165, 1.54) is 35.7 Å². The number of imidazole rings is 1. The number of benzene rings is 2. The Labute approximate surface area is 236 Å². The van der Waals surface area contributed by atoms with Gasteiger partial charge in [-0.25, -0.2) is 4.98 Å². The molecule has 2 saturated heterocycles. The first-order valence-electron chi connectivity index (χ1n) is 15.2. The van der Waals surface area contributed by atoms with Crippen LogP contribution in [0.5, 0.6) is 5.75 Å². The minimum absolute atomic E-state index is 0.0866. The molecule has 1 N–H and O–H groups in total. The number of hydrogen-bond acceptors (Lipinski definition) is 4. The maximum absolute atomic E-state index is 13.6. The van der Waals surface area contributed by atoms with E-state index in [4.69, 9.17) is 9.72 Å². The van der Waals surface area contributed by atoms with Gasteiger partial charge in [0.05, 0.1) is 23.8 Å². The summed E-state index contributed by atoms with van der Waals surface area (Å²) >= 11 is 0. The predicted octanol–water partition coefficient (Wildman–Crippen LogP) is 5.64. The molecule has 0 bridgehead atoms. The third-order valence-electron chi connectivity index (χ3n) is 9.53. The number of hydrogen-bond donors (Lipinski definition) is 1. The molecule has 0 unspecified atom stereocenters. The molecule has 7 heteroatoms. The number of aryl methyl sites for hydroxylation is 1. The average Bonchev–Trinajstić information content (AvgIpc) is 3.62. The Hall–Kier alpha value is -3.32. The van der Waals surface area contributed by atoms with Crippen molar-refractivity contribution in [1.82, 2.24) is 24.3 Å². The molecule has 0 spiro atoms. The molecular weight excluding hydrogens is 498 g/mol. The van der Waals surface area contributed by atoms with Gasteiger partial charge in [-0.05, 0) is 86.7 Å². The van der Waals surface area contributed by atoms with Gasteiger partial charge in [0.25, 0.3) is 5.91 Å². The van der Waals surface area contributed by atoms with Crippen molar-refractivity contribution >= 4 is 27.8 Å². The van der Waals surface area contributed by atoms with Crippen LogP contribution in [0, 0.1) is 17.8 Å². The van der Waals surface area contributed by atoms with E-state index in [-0.39, 0.29) is 5.91 Å². The molecule has 2 aromatic carbocycles. The highest BCUT2D eigenvalue weighted by atomic mass is 16.5. The number of para-hydroxylation sites is 1. The second-order valence-corrected chi connectivity index (χ2v) is 12.4. The number of carbonyl (C=O) groups is 1. The molecule has 40 heavy (non-hydrogen) atoms. The number of methoxy groups -OCH3 is 1. The predicted molar refractivity (Wildman–Crippen MR) is 160 cm³/mol. The summed E-state index contributed by atoms with van der Waals surface area (Å²) in [7, 11) is 3.76. The molecule has 4 aromatic rings. The molecule has 3 aliphatic rings. The van der Waals surface area contributed by atoms with Crippen LogP contribution < -0.4 is 10.1 Å². The first-order valence-corrected chi connectivity index (χ1v) is 15.2. The first-order chi connectivity index (χ1) is 19.5. The van der Waals surface area contributed by atoms with Gasteiger partial charge in [0.2, 0.25) is 0 Å². The van der Waals surface area contributed by atoms with Gasteiger partial charge >= 0.3 is 0 Å². The zero-order chi connectivity index (χ0) is 27.4. The summed E-state index contributed by atoms with van der Waals surface area (Å²) in [4.78, 5) is 20.8. The average molecular weight is 540 g/mol. The summed E-state index contributed by atoms with van der Waals surface area (Å²) in [5, 5.41) is 4.71. The zero-order valence-electron chi connectivity index (χ0n) is 24.1. The summed E-state index contributed by atoms with van der Waals surface area (Å²) in [5.74, 6) is 3.75. The lowest BCUT2D eigenvalue weighted by Crippen LogP contribution is -2.43. The van der Waals surface area contributed by atoms with Crippen LogP contribution in [0.15, 0.2) is 36.4 Å². The smallest absolute Gasteiger partial charge is 0.254 e. The lowest BCUT2D eigenvalue weighted by Gasteiger charge is -2.32. The molecule has 210 valence electrons. The van der Waals surface area contributed by atoms with Gasteiger partial charge in [-0.3, -0.25) is 4.79 Å². The second-order valence-electron chi connectivity index (χ2n) is 12.4. The van der Waals surface area contributed by atoms with E-state index in [1.807, 2.05) is 17.0 Å². The summed E-state index contributed by atoms with van der Waals surface area (Å²) in [5.41, 5.74) is 6.36. The van der Waals surface area contributed by atoms with Crippen LogP contribution in [0.25, 0.3) is 33.5 Å². The fourth-order valence-electron chi connectivity index (χ4n) is 6.89. The Morgan fingerprint density at radius 2 is 1.93 bits per heavy atom. The van der Waals surface area contributed by atoms with Gasteiger partial charge in [-0.2, -0.15) is 0 Å². The van der Waals surface area contributed by atoms with Gasteiger partial charge in [0.15, 0.2) is 5.82 Å². The molecule has 7 rings (SSSR count). The van der Waals surface area contributed by atoms with E-state index in [0.717, 1.165) is 80.5 Å². The SMILES string of the molecule is CC[C@@H]1CCCN(C(=O)c2cc(OC)c3c(c2)nc(-c2cc4cccc(CC5CNC5)c4n2CC2CC2)n3C)C1. The molecule has 1 saturated carbocycles. The fourth-order valence-corrected chi connectivity index (χ4v) is 6.89. The summed E-state index contributed by atoms with van der Waals surface area (Å²) < 4.78 is 10.6. The Kier molecular flexibility index (Phi) is 6.57. The van der Waals surface area contributed by atoms with E-state index in [9.17, 15) is 4.79 Å². The molecular formula is C33H41N5O2. The first kappa shape index (κ1) is 25.6. The minimum atomic E-state index is 0.0866. The highest BCUT2D eigenvalue weighted by Gasteiger charge is 2.29. The number of rotatable bonds is 8. The second kappa shape index (κ2) is 10.3. The van der Waals surface area contributed by atoms with Crippen molar-refractivity contribution in [3.05, 3.63) is 47.5 Å². The van der Waals surface area contributed by atoms with E-state index in [0.29, 0.717) is 23.1 Å². The normalized spacial score (nSPS) is 19.9. The number of nitrogens with zero attached hydrogens (tertiary/aromatic N) is 4. The Morgan fingerprint density at radius 3 is 2.65 bits per heavy atom. The number of nitrogens with one attached hydrogen (secondary N) is 1. The van der Waals surface area contributed by atoms with Crippen LogP contribution in [0.3, 0.4) is 0 Å². The third kappa shape index (κ3) is 4.48. The summed E-state index contributed by atoms with van der Waals surface area (Å²) in [6, 6.07) is 13.0. The third-order valence-corrected chi connectivity index (χ3v) is 9.53. The number of fused-ring (bicyclic) bond motifs is 2. The highest BCUT2D eigenvalue weighted by Crippen LogP contribution is 2.39. The van der Waals surface area contributed by atoms with Crippen molar-refractivity contribution in [2.45, 2.75) is 52.0 Å². The standard InChI is InChI=1S/C33H41N5O2/c1-4-21-7-6-12-37(19-21)33(39)26-14-27-31(29(16-26)40-3)36(2)32(35-27)28-15-25-9-5-8-24(13-23-17-34-18-23)30(25)38(28)20-22-10-11-22/h5,8-9,14-16,21-23,34H,4,6-7,10-13,17-20H2,1-3H3/t21-/m1/s1. The zero-order valence-corrected chi connectivity index (χ0v) is 24.1. The van der Waals surface area contributed by atoms with E-state index in [2.05, 4.69) is 52.7 Å². The molecule has 7 nitrogen and oxygen atoms in total. The van der Waals surface area contributed by atoms with Crippen molar-refractivity contribution in [3.8, 4) is 17.3 Å². The van der Waals surface area contributed by atoms with Gasteiger partial charge < -0.3 is 24.1 Å². The van der Waals surface area contributed by atoms with Crippen LogP contribution in [-0.4, -0.2) is 58.2 Å². The van der Waals surface area contributed by atoms with E-state index in [1.54, 1.807) is 7.11 Å². The van der Waals surface area contributed by atoms with Crippen molar-refractivity contribution in [2.75, 3.05) is 33.3 Å². The van der Waals surface area contributed by atoms with Crippen LogP contribution in [-0.2, 0) is 20.0 Å². The van der Waals surface area contributed by atoms with Crippen molar-refractivity contribution in [3.63, 3.8) is 0 Å². The molecule has 3 fully saturated rings. The topological polar surface area (TPSA) is 64.3 Å². The van der Waals surface area contributed by atoms with Crippen LogP contribution in [0.4, 0.5) is 0 Å². The largest absolute Gasteiger partial charge is 0.494 e. The maximum Gasteiger partial charge on any atom is 0.254 e. The molecule has 2 aromatic heterocycles. The van der Waals surface area contributed by atoms with Crippen molar-refractivity contribution < 1.29 is 9.53 Å². The Morgan fingerprint density at radius 1 is 1.07 bits per heavy atom. The Balaban J connectivity index is 1.33. The fraction of sp³-hybridized carbons (Fsp3) is 0.515. The molecule has 2 aliphatic heterocycles. The van der Waals surface area contributed by atoms with Gasteiger partial charge in [-0.15, -0.1) is 0 Å².